The standard InChI is InChI=1S/C40H44OPSi.BrH/c1-40(2,3)43(38-29-17-9-18-30-38,39-31-19-10-20-32-39)41-33-21-4-5-22-34-42(35-23-11-6-12-24-35,36-25-13-7-14-26-36)37-27-15-8-16-28-37;/h4-20,23-32H,21-22,33-34H2,1-3H3;1H/q+1;/p-1/b5-4-;. The smallest absolute Gasteiger partial charge is 0.261 e. The number of benzene rings is 5. The molecule has 44 heavy (non-hydrogen) atoms. The van der Waals surface area contributed by atoms with Crippen LogP contribution in [0.5, 0.6) is 0 Å². The molecule has 0 fully saturated rings. The van der Waals surface area contributed by atoms with Crippen molar-refractivity contribution in [3.63, 3.8) is 0 Å². The minimum Gasteiger partial charge on any atom is -1.00 e. The van der Waals surface area contributed by atoms with Crippen molar-refractivity contribution in [1.29, 1.82) is 0 Å². The highest BCUT2D eigenvalue weighted by molar-refractivity contribution is 7.95. The van der Waals surface area contributed by atoms with E-state index in [1.54, 1.807) is 0 Å². The second-order valence-corrected chi connectivity index (χ2v) is 20.0. The van der Waals surface area contributed by atoms with Crippen LogP contribution in [0.25, 0.3) is 0 Å². The van der Waals surface area contributed by atoms with Crippen molar-refractivity contribution in [2.24, 2.45) is 0 Å². The molecule has 0 aliphatic rings. The summed E-state index contributed by atoms with van der Waals surface area (Å²) in [6, 6.07) is 55.3. The van der Waals surface area contributed by atoms with Crippen molar-refractivity contribution in [3.05, 3.63) is 164 Å². The monoisotopic (exact) mass is 678 g/mol. The molecule has 0 saturated carbocycles. The van der Waals surface area contributed by atoms with Gasteiger partial charge in [0.05, 0.1) is 6.16 Å². The van der Waals surface area contributed by atoms with E-state index in [0.717, 1.165) is 19.0 Å². The lowest BCUT2D eigenvalue weighted by Gasteiger charge is -2.43. The van der Waals surface area contributed by atoms with Crippen LogP contribution < -0.4 is 43.3 Å². The fraction of sp³-hybridized carbons (Fsp3) is 0.200. The zero-order valence-electron chi connectivity index (χ0n) is 26.2. The molecule has 0 aliphatic carbocycles. The molecule has 0 N–H and O–H groups in total. The third kappa shape index (κ3) is 7.24. The third-order valence-corrected chi connectivity index (χ3v) is 17.9. The Bertz CT molecular complexity index is 1420. The average molecular weight is 680 g/mol. The molecule has 0 atom stereocenters. The molecular formula is C40H44BrOPSi. The molecule has 5 aromatic rings. The van der Waals surface area contributed by atoms with E-state index in [1.807, 2.05) is 0 Å². The van der Waals surface area contributed by atoms with E-state index in [0.29, 0.717) is 6.61 Å². The summed E-state index contributed by atoms with van der Waals surface area (Å²) in [7, 11) is -4.32. The first-order chi connectivity index (χ1) is 21.0. The lowest BCUT2D eigenvalue weighted by molar-refractivity contribution is -0.00000924. The Morgan fingerprint density at radius 1 is 0.523 bits per heavy atom. The highest BCUT2D eigenvalue weighted by Crippen LogP contribution is 2.55. The molecule has 0 heterocycles. The van der Waals surface area contributed by atoms with Crippen molar-refractivity contribution in [1.82, 2.24) is 0 Å². The fourth-order valence-corrected chi connectivity index (χ4v) is 15.3. The largest absolute Gasteiger partial charge is 1.00 e. The van der Waals surface area contributed by atoms with Crippen molar-refractivity contribution >= 4 is 41.9 Å². The summed E-state index contributed by atoms with van der Waals surface area (Å²) in [4.78, 5) is 0. The second kappa shape index (κ2) is 15.8. The van der Waals surface area contributed by atoms with Crippen LogP contribution in [-0.2, 0) is 4.43 Å². The molecule has 0 radical (unpaired) electrons. The molecular weight excluding hydrogens is 635 g/mol. The topological polar surface area (TPSA) is 9.23 Å². The molecule has 0 spiro atoms. The zero-order valence-corrected chi connectivity index (χ0v) is 29.6. The van der Waals surface area contributed by atoms with E-state index in [2.05, 4.69) is 185 Å². The maximum atomic E-state index is 7.12. The summed E-state index contributed by atoms with van der Waals surface area (Å²) in [5.41, 5.74) is 0. The van der Waals surface area contributed by atoms with Crippen LogP contribution in [0.3, 0.4) is 0 Å². The molecule has 4 heteroatoms. The Kier molecular flexibility index (Phi) is 12.1. The van der Waals surface area contributed by atoms with Crippen molar-refractivity contribution < 1.29 is 21.4 Å². The van der Waals surface area contributed by atoms with Gasteiger partial charge in [-0.25, -0.2) is 0 Å². The van der Waals surface area contributed by atoms with E-state index in [4.69, 9.17) is 4.43 Å². The van der Waals surface area contributed by atoms with Gasteiger partial charge in [-0.05, 0) is 58.2 Å². The summed E-state index contributed by atoms with van der Waals surface area (Å²) in [5, 5.41) is 6.98. The van der Waals surface area contributed by atoms with Crippen LogP contribution in [0, 0.1) is 0 Å². The minimum absolute atomic E-state index is 0. The molecule has 0 saturated heterocycles. The Labute approximate surface area is 277 Å². The highest BCUT2D eigenvalue weighted by atomic mass is 79.9. The van der Waals surface area contributed by atoms with Gasteiger partial charge in [0.1, 0.15) is 23.2 Å². The van der Waals surface area contributed by atoms with Crippen LogP contribution in [0.2, 0.25) is 5.04 Å². The highest BCUT2D eigenvalue weighted by Gasteiger charge is 2.50. The Morgan fingerprint density at radius 3 is 1.23 bits per heavy atom. The maximum Gasteiger partial charge on any atom is 0.261 e. The number of halogens is 1. The first kappa shape index (κ1) is 33.8. The number of hydrogen-bond donors (Lipinski definition) is 0. The summed E-state index contributed by atoms with van der Waals surface area (Å²) >= 11 is 0. The van der Waals surface area contributed by atoms with Crippen molar-refractivity contribution in [2.45, 2.75) is 38.7 Å². The minimum atomic E-state index is -2.51. The lowest BCUT2D eigenvalue weighted by atomic mass is 10.2. The van der Waals surface area contributed by atoms with E-state index < -0.39 is 15.6 Å². The van der Waals surface area contributed by atoms with Crippen LogP contribution >= 0.6 is 7.26 Å². The average Bonchev–Trinajstić information content (AvgIpc) is 3.06. The van der Waals surface area contributed by atoms with E-state index >= 15 is 0 Å². The number of allylic oxidation sites excluding steroid dienone is 1. The van der Waals surface area contributed by atoms with Gasteiger partial charge in [-0.1, -0.05) is 148 Å². The van der Waals surface area contributed by atoms with Crippen molar-refractivity contribution in [2.75, 3.05) is 12.8 Å². The van der Waals surface area contributed by atoms with E-state index in [-0.39, 0.29) is 22.0 Å². The number of rotatable bonds is 12. The summed E-state index contributed by atoms with van der Waals surface area (Å²) in [5.74, 6) is 0. The maximum absolute atomic E-state index is 7.12. The second-order valence-electron chi connectivity index (χ2n) is 12.1. The molecule has 1 nitrogen and oxygen atoms in total. The first-order valence-electron chi connectivity index (χ1n) is 15.4. The Morgan fingerprint density at radius 2 is 0.864 bits per heavy atom. The Balaban J connectivity index is 0.00000442. The molecule has 5 aromatic carbocycles. The van der Waals surface area contributed by atoms with Gasteiger partial charge in [0.2, 0.25) is 0 Å². The predicted molar refractivity (Wildman–Crippen MR) is 192 cm³/mol. The molecule has 226 valence electrons. The third-order valence-electron chi connectivity index (χ3n) is 8.41. The van der Waals surface area contributed by atoms with Gasteiger partial charge in [0.15, 0.2) is 0 Å². The van der Waals surface area contributed by atoms with Crippen LogP contribution in [0.15, 0.2) is 164 Å². The quantitative estimate of drug-likeness (QED) is 0.0790. The van der Waals surface area contributed by atoms with Crippen molar-refractivity contribution in [3.8, 4) is 0 Å². The van der Waals surface area contributed by atoms with Gasteiger partial charge >= 0.3 is 0 Å². The van der Waals surface area contributed by atoms with Gasteiger partial charge in [0, 0.05) is 13.0 Å². The molecule has 0 aliphatic heterocycles. The van der Waals surface area contributed by atoms with Crippen LogP contribution in [0.1, 0.15) is 33.6 Å². The molecule has 0 aromatic heterocycles. The summed E-state index contributed by atoms with van der Waals surface area (Å²) in [6.45, 7) is 7.74. The molecule has 5 rings (SSSR count). The summed E-state index contributed by atoms with van der Waals surface area (Å²) < 4.78 is 7.12. The van der Waals surface area contributed by atoms with E-state index in [1.165, 1.54) is 26.3 Å². The Hall–Kier alpha value is -3.07. The molecule has 0 unspecified atom stereocenters. The van der Waals surface area contributed by atoms with Crippen LogP contribution in [0.4, 0.5) is 0 Å². The van der Waals surface area contributed by atoms with Gasteiger partial charge < -0.3 is 21.4 Å². The number of hydrogen-bond acceptors (Lipinski definition) is 1. The van der Waals surface area contributed by atoms with Gasteiger partial charge in [-0.3, -0.25) is 0 Å². The van der Waals surface area contributed by atoms with Gasteiger partial charge in [-0.2, -0.15) is 0 Å². The van der Waals surface area contributed by atoms with Crippen LogP contribution in [-0.4, -0.2) is 21.1 Å². The zero-order chi connectivity index (χ0) is 30.0. The van der Waals surface area contributed by atoms with Gasteiger partial charge in [-0.15, -0.1) is 0 Å². The lowest BCUT2D eigenvalue weighted by Crippen LogP contribution is -3.00. The first-order valence-corrected chi connectivity index (χ1v) is 19.3. The molecule has 0 bridgehead atoms. The predicted octanol–water partition coefficient (Wildman–Crippen LogP) is 4.90. The molecule has 0 amide bonds. The normalized spacial score (nSPS) is 12.2. The fourth-order valence-electron chi connectivity index (χ4n) is 6.43. The SMILES string of the molecule is CC(C)(C)[Si](OCC/C=C\CC[P+](c1ccccc1)(c1ccccc1)c1ccccc1)(c1ccccc1)c1ccccc1.[Br-]. The summed E-state index contributed by atoms with van der Waals surface area (Å²) in [6.07, 6.45) is 7.74. The van der Waals surface area contributed by atoms with E-state index in [9.17, 15) is 0 Å². The van der Waals surface area contributed by atoms with Gasteiger partial charge in [0.25, 0.3) is 8.32 Å².